The monoisotopic (exact) mass is 363 g/mol. The van der Waals surface area contributed by atoms with Crippen molar-refractivity contribution in [1.29, 1.82) is 0 Å². The molecule has 2 atom stereocenters. The summed E-state index contributed by atoms with van der Waals surface area (Å²) in [5.41, 5.74) is 4.29. The highest BCUT2D eigenvalue weighted by Crippen LogP contribution is 2.38. The minimum absolute atomic E-state index is 0.0334. The molecule has 0 aliphatic carbocycles. The van der Waals surface area contributed by atoms with Crippen LogP contribution in [0.2, 0.25) is 0 Å². The fourth-order valence-electron chi connectivity index (χ4n) is 4.28. The molecule has 4 rings (SSSR count). The Hall–Kier alpha value is -2.59. The van der Waals surface area contributed by atoms with Crippen LogP contribution in [0.15, 0.2) is 60.7 Å². The van der Waals surface area contributed by atoms with Crippen LogP contribution < -0.4 is 0 Å². The lowest BCUT2D eigenvalue weighted by Gasteiger charge is -2.44. The van der Waals surface area contributed by atoms with Crippen LogP contribution in [0.5, 0.6) is 0 Å². The normalized spacial score (nSPS) is 21.5. The second kappa shape index (κ2) is 7.97. The molecule has 2 unspecified atom stereocenters. The maximum Gasteiger partial charge on any atom is 0.410 e. The first-order valence-electron chi connectivity index (χ1n) is 9.65. The van der Waals surface area contributed by atoms with E-state index in [9.17, 15) is 9.90 Å². The Morgan fingerprint density at radius 2 is 1.85 bits per heavy atom. The molecule has 4 nitrogen and oxygen atoms in total. The number of aliphatic hydroxyl groups is 1. The summed E-state index contributed by atoms with van der Waals surface area (Å²) >= 11 is 0. The third-order valence-corrected chi connectivity index (χ3v) is 5.59. The smallest absolute Gasteiger partial charge is 0.410 e. The summed E-state index contributed by atoms with van der Waals surface area (Å²) in [6, 6.07) is 18.0. The largest absolute Gasteiger partial charge is 0.445 e. The van der Waals surface area contributed by atoms with Gasteiger partial charge in [0.25, 0.3) is 0 Å². The van der Waals surface area contributed by atoms with E-state index in [2.05, 4.69) is 12.1 Å². The molecule has 2 heterocycles. The summed E-state index contributed by atoms with van der Waals surface area (Å²) in [5.74, 6) is 0. The molecule has 2 aromatic carbocycles. The molecule has 2 aliphatic heterocycles. The van der Waals surface area contributed by atoms with Crippen molar-refractivity contribution in [3.8, 4) is 0 Å². The summed E-state index contributed by atoms with van der Waals surface area (Å²) in [5, 5.41) is 9.66. The Balaban J connectivity index is 1.52. The number of amides is 1. The van der Waals surface area contributed by atoms with E-state index in [4.69, 9.17) is 4.74 Å². The number of fused-ring (bicyclic) bond motifs is 2. The van der Waals surface area contributed by atoms with Crippen molar-refractivity contribution in [3.63, 3.8) is 0 Å². The number of aliphatic hydroxyl groups excluding tert-OH is 1. The summed E-state index contributed by atoms with van der Waals surface area (Å²) in [7, 11) is 0. The molecule has 1 fully saturated rings. The third-order valence-electron chi connectivity index (χ3n) is 5.59. The molecule has 140 valence electrons. The second-order valence-electron chi connectivity index (χ2n) is 7.31. The van der Waals surface area contributed by atoms with Gasteiger partial charge in [-0.25, -0.2) is 4.79 Å². The van der Waals surface area contributed by atoms with Gasteiger partial charge in [0.2, 0.25) is 0 Å². The molecule has 0 radical (unpaired) electrons. The molecule has 2 aliphatic rings. The van der Waals surface area contributed by atoms with Crippen LogP contribution >= 0.6 is 0 Å². The van der Waals surface area contributed by atoms with Crippen LogP contribution in [-0.4, -0.2) is 28.2 Å². The molecule has 2 aromatic rings. The number of piperidine rings is 1. The molecular weight excluding hydrogens is 338 g/mol. The van der Waals surface area contributed by atoms with Crippen molar-refractivity contribution < 1.29 is 14.6 Å². The maximum atomic E-state index is 12.8. The van der Waals surface area contributed by atoms with Gasteiger partial charge in [-0.3, -0.25) is 4.90 Å². The highest BCUT2D eigenvalue weighted by molar-refractivity contribution is 5.75. The quantitative estimate of drug-likeness (QED) is 0.868. The minimum atomic E-state index is -0.223. The number of nitrogens with zero attached hydrogens (tertiary/aromatic N) is 1. The van der Waals surface area contributed by atoms with Gasteiger partial charge < -0.3 is 9.84 Å². The van der Waals surface area contributed by atoms with Gasteiger partial charge >= 0.3 is 6.09 Å². The van der Waals surface area contributed by atoms with E-state index < -0.39 is 0 Å². The molecule has 1 N–H and O–H groups in total. The van der Waals surface area contributed by atoms with Gasteiger partial charge in [-0.1, -0.05) is 60.7 Å². The highest BCUT2D eigenvalue weighted by atomic mass is 16.6. The average molecular weight is 363 g/mol. The number of rotatable bonds is 4. The zero-order chi connectivity index (χ0) is 18.6. The SMILES string of the molecule is O=C(OCc1ccccc1)N1C2C=C(c3ccccc3CO)CC1CCC2. The third kappa shape index (κ3) is 3.76. The number of carbonyl (C=O) groups is 1. The van der Waals surface area contributed by atoms with E-state index in [1.165, 1.54) is 5.57 Å². The van der Waals surface area contributed by atoms with E-state index >= 15 is 0 Å². The molecule has 4 heteroatoms. The number of hydrogen-bond acceptors (Lipinski definition) is 3. The average Bonchev–Trinajstić information content (AvgIpc) is 2.71. The number of hydrogen-bond donors (Lipinski definition) is 1. The van der Waals surface area contributed by atoms with Gasteiger partial charge in [0.15, 0.2) is 0 Å². The van der Waals surface area contributed by atoms with E-state index in [1.807, 2.05) is 53.4 Å². The topological polar surface area (TPSA) is 49.8 Å². The number of carbonyl (C=O) groups excluding carboxylic acids is 1. The van der Waals surface area contributed by atoms with Gasteiger partial charge in [0.1, 0.15) is 6.61 Å². The van der Waals surface area contributed by atoms with Crippen molar-refractivity contribution in [2.75, 3.05) is 0 Å². The van der Waals surface area contributed by atoms with Crippen molar-refractivity contribution >= 4 is 11.7 Å². The van der Waals surface area contributed by atoms with Crippen molar-refractivity contribution in [2.45, 2.75) is 51.0 Å². The van der Waals surface area contributed by atoms with Crippen LogP contribution in [0.25, 0.3) is 5.57 Å². The van der Waals surface area contributed by atoms with Crippen molar-refractivity contribution in [3.05, 3.63) is 77.4 Å². The van der Waals surface area contributed by atoms with Gasteiger partial charge in [-0.15, -0.1) is 0 Å². The molecule has 1 amide bonds. The van der Waals surface area contributed by atoms with E-state index in [1.54, 1.807) is 0 Å². The Bertz CT molecular complexity index is 831. The van der Waals surface area contributed by atoms with Gasteiger partial charge in [0.05, 0.1) is 12.6 Å². The van der Waals surface area contributed by atoms with Crippen LogP contribution in [0.4, 0.5) is 4.79 Å². The fourth-order valence-corrected chi connectivity index (χ4v) is 4.28. The highest BCUT2D eigenvalue weighted by Gasteiger charge is 2.38. The molecule has 27 heavy (non-hydrogen) atoms. The lowest BCUT2D eigenvalue weighted by Crippen LogP contribution is -2.51. The molecular formula is C23H25NO3. The molecule has 0 aromatic heterocycles. The summed E-state index contributed by atoms with van der Waals surface area (Å²) < 4.78 is 5.61. The zero-order valence-electron chi connectivity index (χ0n) is 15.4. The molecule has 2 bridgehead atoms. The predicted octanol–water partition coefficient (Wildman–Crippen LogP) is 4.53. The van der Waals surface area contributed by atoms with Crippen molar-refractivity contribution in [2.24, 2.45) is 0 Å². The van der Waals surface area contributed by atoms with Gasteiger partial charge in [0, 0.05) is 6.04 Å². The van der Waals surface area contributed by atoms with Crippen LogP contribution in [0, 0.1) is 0 Å². The first-order chi connectivity index (χ1) is 13.3. The fraction of sp³-hybridized carbons (Fsp3) is 0.348. The minimum Gasteiger partial charge on any atom is -0.445 e. The summed E-state index contributed by atoms with van der Waals surface area (Å²) in [4.78, 5) is 14.7. The Labute approximate surface area is 160 Å². The zero-order valence-corrected chi connectivity index (χ0v) is 15.4. The van der Waals surface area contributed by atoms with Crippen molar-refractivity contribution in [1.82, 2.24) is 4.90 Å². The Kier molecular flexibility index (Phi) is 5.26. The summed E-state index contributed by atoms with van der Waals surface area (Å²) in [6.45, 7) is 0.339. The Morgan fingerprint density at radius 3 is 2.63 bits per heavy atom. The van der Waals surface area contributed by atoms with Gasteiger partial charge in [-0.2, -0.15) is 0 Å². The van der Waals surface area contributed by atoms with Crippen LogP contribution in [-0.2, 0) is 18.0 Å². The lowest BCUT2D eigenvalue weighted by atomic mass is 9.82. The van der Waals surface area contributed by atoms with E-state index in [0.717, 1.165) is 42.4 Å². The molecule has 0 saturated carbocycles. The summed E-state index contributed by atoms with van der Waals surface area (Å²) in [6.07, 6.45) is 5.88. The Morgan fingerprint density at radius 1 is 1.07 bits per heavy atom. The standard InChI is InChI=1S/C23H25NO3/c25-15-18-9-4-5-12-22(18)19-13-20-10-6-11-21(14-19)24(20)23(26)27-16-17-7-2-1-3-8-17/h1-5,7-9,12-13,20-21,25H,6,10-11,14-16H2. The van der Waals surface area contributed by atoms with Gasteiger partial charge in [-0.05, 0) is 47.9 Å². The molecule has 0 spiro atoms. The maximum absolute atomic E-state index is 12.8. The number of ether oxygens (including phenoxy) is 1. The second-order valence-corrected chi connectivity index (χ2v) is 7.31. The van der Waals surface area contributed by atoms with E-state index in [-0.39, 0.29) is 24.8 Å². The first kappa shape index (κ1) is 17.8. The van der Waals surface area contributed by atoms with Crippen LogP contribution in [0.3, 0.4) is 0 Å². The number of benzene rings is 2. The van der Waals surface area contributed by atoms with E-state index in [0.29, 0.717) is 6.61 Å². The predicted molar refractivity (Wildman–Crippen MR) is 105 cm³/mol. The first-order valence-corrected chi connectivity index (χ1v) is 9.65. The lowest BCUT2D eigenvalue weighted by molar-refractivity contribution is 0.0510. The molecule has 1 saturated heterocycles. The van der Waals surface area contributed by atoms with Crippen LogP contribution in [0.1, 0.15) is 42.4 Å².